The molecule has 5 heteroatoms. The minimum atomic E-state index is -3.36. The lowest BCUT2D eigenvalue weighted by Gasteiger charge is -2.31. The molecule has 0 radical (unpaired) electrons. The van der Waals surface area contributed by atoms with Gasteiger partial charge < -0.3 is 5.11 Å². The second-order valence-electron chi connectivity index (χ2n) is 5.36. The van der Waals surface area contributed by atoms with Crippen LogP contribution in [0.2, 0.25) is 0 Å². The monoisotopic (exact) mass is 235 g/mol. The van der Waals surface area contributed by atoms with Crippen LogP contribution >= 0.6 is 0 Å². The lowest BCUT2D eigenvalue weighted by molar-refractivity contribution is 0.184. The summed E-state index contributed by atoms with van der Waals surface area (Å²) in [6.45, 7) is 4.88. The molecule has 2 N–H and O–H groups in total. The third-order valence-electron chi connectivity index (χ3n) is 3.02. The molecule has 0 unspecified atom stereocenters. The van der Waals surface area contributed by atoms with Crippen LogP contribution in [0.1, 0.15) is 46.5 Å². The molecule has 0 aromatic heterocycles. The van der Waals surface area contributed by atoms with Crippen LogP contribution in [0, 0.1) is 0 Å². The summed E-state index contributed by atoms with van der Waals surface area (Å²) in [5.41, 5.74) is -0.605. The summed E-state index contributed by atoms with van der Waals surface area (Å²) in [5, 5.41) is 9.32. The van der Waals surface area contributed by atoms with Crippen molar-refractivity contribution >= 4 is 10.0 Å². The predicted octanol–water partition coefficient (Wildman–Crippen LogP) is 1.01. The molecule has 1 fully saturated rings. The lowest BCUT2D eigenvalue weighted by Crippen LogP contribution is -2.53. The maximum atomic E-state index is 11.9. The number of sulfonamides is 1. The van der Waals surface area contributed by atoms with E-state index in [9.17, 15) is 13.5 Å². The summed E-state index contributed by atoms with van der Waals surface area (Å²) in [5.74, 6) is 0. The number of hydrogen-bond donors (Lipinski definition) is 2. The molecule has 0 heterocycles. The summed E-state index contributed by atoms with van der Waals surface area (Å²) in [6, 6.07) is 0. The second-order valence-corrected chi connectivity index (χ2v) is 7.80. The van der Waals surface area contributed by atoms with Gasteiger partial charge in [0.1, 0.15) is 0 Å². The summed E-state index contributed by atoms with van der Waals surface area (Å²) < 4.78 is 25.8. The van der Waals surface area contributed by atoms with E-state index in [1.807, 2.05) is 0 Å². The van der Waals surface area contributed by atoms with Gasteiger partial charge >= 0.3 is 0 Å². The number of hydrogen-bond acceptors (Lipinski definition) is 3. The third kappa shape index (κ3) is 2.71. The average molecular weight is 235 g/mol. The first-order chi connectivity index (χ1) is 6.72. The first-order valence-corrected chi connectivity index (χ1v) is 6.85. The smallest absolute Gasteiger partial charge is 0.217 e. The van der Waals surface area contributed by atoms with E-state index in [0.717, 1.165) is 25.7 Å². The Balaban J connectivity index is 2.84. The highest BCUT2D eigenvalue weighted by atomic mass is 32.2. The zero-order valence-corrected chi connectivity index (χ0v) is 10.5. The molecule has 1 aliphatic carbocycles. The minimum Gasteiger partial charge on any atom is -0.394 e. The van der Waals surface area contributed by atoms with E-state index in [0.29, 0.717) is 0 Å². The fraction of sp³-hybridized carbons (Fsp3) is 1.00. The van der Waals surface area contributed by atoms with E-state index >= 15 is 0 Å². The molecular weight excluding hydrogens is 214 g/mol. The van der Waals surface area contributed by atoms with Crippen molar-refractivity contribution in [1.29, 1.82) is 0 Å². The molecule has 1 aliphatic rings. The van der Waals surface area contributed by atoms with Crippen LogP contribution in [0.15, 0.2) is 0 Å². The van der Waals surface area contributed by atoms with Gasteiger partial charge in [0, 0.05) is 0 Å². The molecule has 1 rings (SSSR count). The van der Waals surface area contributed by atoms with Gasteiger partial charge in [0.25, 0.3) is 0 Å². The molecule has 15 heavy (non-hydrogen) atoms. The van der Waals surface area contributed by atoms with E-state index in [-0.39, 0.29) is 6.61 Å². The summed E-state index contributed by atoms with van der Waals surface area (Å²) in [4.78, 5) is 0. The Hall–Kier alpha value is -0.130. The van der Waals surface area contributed by atoms with Crippen molar-refractivity contribution in [1.82, 2.24) is 4.72 Å². The van der Waals surface area contributed by atoms with E-state index < -0.39 is 20.3 Å². The van der Waals surface area contributed by atoms with E-state index in [4.69, 9.17) is 0 Å². The fourth-order valence-electron chi connectivity index (χ4n) is 1.78. The molecule has 0 atom stereocenters. The van der Waals surface area contributed by atoms with E-state index in [1.54, 1.807) is 20.8 Å². The van der Waals surface area contributed by atoms with Crippen molar-refractivity contribution in [3.05, 3.63) is 0 Å². The fourth-order valence-corrected chi connectivity index (χ4v) is 2.93. The largest absolute Gasteiger partial charge is 0.394 e. The molecule has 0 saturated heterocycles. The van der Waals surface area contributed by atoms with Gasteiger partial charge in [-0.15, -0.1) is 0 Å². The highest BCUT2D eigenvalue weighted by molar-refractivity contribution is 7.90. The van der Waals surface area contributed by atoms with Gasteiger partial charge in [-0.1, -0.05) is 12.8 Å². The standard InChI is InChI=1S/C10H21NO3S/c1-9(2,3)15(13,14)11-10(8-12)6-4-5-7-10/h11-12H,4-8H2,1-3H3. The van der Waals surface area contributed by atoms with Crippen LogP contribution in [0.3, 0.4) is 0 Å². The van der Waals surface area contributed by atoms with Crippen LogP contribution in [-0.2, 0) is 10.0 Å². The zero-order chi connectivity index (χ0) is 11.7. The van der Waals surface area contributed by atoms with Crippen molar-refractivity contribution in [2.75, 3.05) is 6.61 Å². The van der Waals surface area contributed by atoms with Gasteiger partial charge in [-0.3, -0.25) is 0 Å². The van der Waals surface area contributed by atoms with E-state index in [2.05, 4.69) is 4.72 Å². The molecule has 0 aromatic carbocycles. The maximum absolute atomic E-state index is 11.9. The zero-order valence-electron chi connectivity index (χ0n) is 9.71. The van der Waals surface area contributed by atoms with Gasteiger partial charge in [0.15, 0.2) is 0 Å². The second kappa shape index (κ2) is 4.03. The Morgan fingerprint density at radius 3 is 2.07 bits per heavy atom. The first kappa shape index (κ1) is 12.9. The Labute approximate surface area is 92.1 Å². The van der Waals surface area contributed by atoms with Crippen molar-refractivity contribution < 1.29 is 13.5 Å². The molecule has 0 aromatic rings. The van der Waals surface area contributed by atoms with Crippen molar-refractivity contribution in [2.45, 2.75) is 56.7 Å². The maximum Gasteiger partial charge on any atom is 0.217 e. The average Bonchev–Trinajstić information content (AvgIpc) is 2.51. The first-order valence-electron chi connectivity index (χ1n) is 5.37. The topological polar surface area (TPSA) is 66.4 Å². The third-order valence-corrected chi connectivity index (χ3v) is 5.33. The predicted molar refractivity (Wildman–Crippen MR) is 60.1 cm³/mol. The Morgan fingerprint density at radius 2 is 1.73 bits per heavy atom. The van der Waals surface area contributed by atoms with Gasteiger partial charge in [-0.05, 0) is 33.6 Å². The summed E-state index contributed by atoms with van der Waals surface area (Å²) in [6.07, 6.45) is 3.43. The Bertz CT molecular complexity index is 310. The molecule has 0 amide bonds. The van der Waals surface area contributed by atoms with Crippen molar-refractivity contribution in [3.63, 3.8) is 0 Å². The highest BCUT2D eigenvalue weighted by Crippen LogP contribution is 2.31. The molecule has 0 bridgehead atoms. The molecule has 4 nitrogen and oxygen atoms in total. The van der Waals surface area contributed by atoms with Gasteiger partial charge in [0.05, 0.1) is 16.9 Å². The summed E-state index contributed by atoms with van der Waals surface area (Å²) >= 11 is 0. The molecule has 90 valence electrons. The van der Waals surface area contributed by atoms with Crippen LogP contribution in [0.4, 0.5) is 0 Å². The Morgan fingerprint density at radius 1 is 1.27 bits per heavy atom. The Kier molecular flexibility index (Phi) is 3.48. The highest BCUT2D eigenvalue weighted by Gasteiger charge is 2.40. The number of nitrogens with one attached hydrogen (secondary N) is 1. The normalized spacial score (nSPS) is 21.9. The molecule has 0 spiro atoms. The number of aliphatic hydroxyl groups excluding tert-OH is 1. The van der Waals surface area contributed by atoms with Crippen LogP contribution in [-0.4, -0.2) is 30.4 Å². The lowest BCUT2D eigenvalue weighted by atomic mass is 10.0. The quantitative estimate of drug-likeness (QED) is 0.767. The molecule has 0 aliphatic heterocycles. The van der Waals surface area contributed by atoms with E-state index in [1.165, 1.54) is 0 Å². The van der Waals surface area contributed by atoms with Crippen molar-refractivity contribution in [3.8, 4) is 0 Å². The summed E-state index contributed by atoms with van der Waals surface area (Å²) in [7, 11) is -3.36. The van der Waals surface area contributed by atoms with Gasteiger partial charge in [-0.2, -0.15) is 0 Å². The SMILES string of the molecule is CC(C)(C)S(=O)(=O)NC1(CO)CCCC1. The van der Waals surface area contributed by atoms with Crippen LogP contribution in [0.25, 0.3) is 0 Å². The number of rotatable bonds is 3. The molecule has 1 saturated carbocycles. The van der Waals surface area contributed by atoms with Gasteiger partial charge in [0.2, 0.25) is 10.0 Å². The minimum absolute atomic E-state index is 0.109. The van der Waals surface area contributed by atoms with Crippen molar-refractivity contribution in [2.24, 2.45) is 0 Å². The van der Waals surface area contributed by atoms with Gasteiger partial charge in [-0.25, -0.2) is 13.1 Å². The van der Waals surface area contributed by atoms with Crippen LogP contribution < -0.4 is 4.72 Å². The molecular formula is C10H21NO3S. The van der Waals surface area contributed by atoms with Crippen LogP contribution in [0.5, 0.6) is 0 Å². The number of aliphatic hydroxyl groups is 1.